The molecule has 4 rings (SSSR count). The van der Waals surface area contributed by atoms with Gasteiger partial charge in [0, 0.05) is 26.2 Å². The first-order chi connectivity index (χ1) is 13.9. The van der Waals surface area contributed by atoms with Crippen molar-refractivity contribution in [2.24, 2.45) is 13.0 Å². The van der Waals surface area contributed by atoms with E-state index >= 15 is 0 Å². The van der Waals surface area contributed by atoms with E-state index in [4.69, 9.17) is 9.72 Å². The number of nitrogens with zero attached hydrogens (tertiary/aromatic N) is 5. The van der Waals surface area contributed by atoms with Crippen molar-refractivity contribution in [3.05, 3.63) is 20.8 Å². The monoisotopic (exact) mass is 403 g/mol. The molecule has 0 aromatic carbocycles. The average Bonchev–Trinajstić information content (AvgIpc) is 3.09. The topological polar surface area (TPSA) is 91.4 Å². The van der Waals surface area contributed by atoms with E-state index < -0.39 is 23.8 Å². The van der Waals surface area contributed by atoms with Gasteiger partial charge in [-0.2, -0.15) is 4.98 Å². The summed E-state index contributed by atoms with van der Waals surface area (Å²) in [5.41, 5.74) is -0.264. The fraction of sp³-hybridized carbons (Fsp3) is 0.700. The smallest absolute Gasteiger partial charge is 0.333 e. The number of hydrogen-bond donors (Lipinski definition) is 0. The SMILES string of the molecule is CCOC(=O)Cn1c(=O)c2c(nc3n2CC(C)CN3C2CCCCC2)n(C)c1=O. The van der Waals surface area contributed by atoms with E-state index in [1.54, 1.807) is 14.0 Å². The Labute approximate surface area is 168 Å². The largest absolute Gasteiger partial charge is 0.465 e. The summed E-state index contributed by atoms with van der Waals surface area (Å²) in [6.07, 6.45) is 5.94. The summed E-state index contributed by atoms with van der Waals surface area (Å²) in [6, 6.07) is 0.417. The molecule has 2 aliphatic rings. The summed E-state index contributed by atoms with van der Waals surface area (Å²) in [5.74, 6) is 0.532. The Kier molecular flexibility index (Phi) is 5.23. The van der Waals surface area contributed by atoms with E-state index in [1.807, 2.05) is 4.57 Å². The van der Waals surface area contributed by atoms with Gasteiger partial charge in [-0.15, -0.1) is 0 Å². The summed E-state index contributed by atoms with van der Waals surface area (Å²) in [4.78, 5) is 45.0. The lowest BCUT2D eigenvalue weighted by atomic mass is 9.93. The maximum Gasteiger partial charge on any atom is 0.333 e. The molecule has 0 radical (unpaired) electrons. The van der Waals surface area contributed by atoms with Crippen LogP contribution in [0.3, 0.4) is 0 Å². The molecule has 9 heteroatoms. The van der Waals surface area contributed by atoms with Gasteiger partial charge in [-0.05, 0) is 25.7 Å². The molecule has 1 aliphatic heterocycles. The zero-order valence-corrected chi connectivity index (χ0v) is 17.4. The van der Waals surface area contributed by atoms with Crippen LogP contribution in [0.4, 0.5) is 5.95 Å². The van der Waals surface area contributed by atoms with Crippen molar-refractivity contribution in [3.63, 3.8) is 0 Å². The standard InChI is InChI=1S/C20H29N5O4/c1-4-29-15(26)12-25-18(27)16-17(22(3)20(25)28)21-19-23(10-13(2)11-24(16)19)14-8-6-5-7-9-14/h13-14H,4-12H2,1-3H3. The van der Waals surface area contributed by atoms with Crippen LogP contribution in [0.5, 0.6) is 0 Å². The molecule has 1 aliphatic carbocycles. The number of carbonyl (C=O) groups is 1. The van der Waals surface area contributed by atoms with Crippen LogP contribution >= 0.6 is 0 Å². The highest BCUT2D eigenvalue weighted by Gasteiger charge is 2.33. The molecule has 0 saturated heterocycles. The molecule has 0 bridgehead atoms. The Morgan fingerprint density at radius 2 is 1.90 bits per heavy atom. The van der Waals surface area contributed by atoms with Gasteiger partial charge in [0.25, 0.3) is 5.56 Å². The maximum atomic E-state index is 13.2. The average molecular weight is 403 g/mol. The van der Waals surface area contributed by atoms with Gasteiger partial charge in [0.1, 0.15) is 6.54 Å². The van der Waals surface area contributed by atoms with Crippen molar-refractivity contribution in [2.45, 2.75) is 65.1 Å². The highest BCUT2D eigenvalue weighted by atomic mass is 16.5. The third kappa shape index (κ3) is 3.36. The summed E-state index contributed by atoms with van der Waals surface area (Å²) in [7, 11) is 1.60. The van der Waals surface area contributed by atoms with Crippen molar-refractivity contribution < 1.29 is 9.53 Å². The minimum Gasteiger partial charge on any atom is -0.465 e. The van der Waals surface area contributed by atoms with Gasteiger partial charge in [0.15, 0.2) is 11.2 Å². The van der Waals surface area contributed by atoms with Crippen molar-refractivity contribution in [1.82, 2.24) is 18.7 Å². The molecule has 9 nitrogen and oxygen atoms in total. The predicted octanol–water partition coefficient (Wildman–Crippen LogP) is 1.25. The lowest BCUT2D eigenvalue weighted by Crippen LogP contribution is -2.45. The molecule has 158 valence electrons. The van der Waals surface area contributed by atoms with E-state index in [-0.39, 0.29) is 6.61 Å². The Balaban J connectivity index is 1.87. The fourth-order valence-electron chi connectivity index (χ4n) is 4.72. The molecule has 29 heavy (non-hydrogen) atoms. The Bertz CT molecular complexity index is 1040. The minimum absolute atomic E-state index is 0.200. The molecule has 1 saturated carbocycles. The third-order valence-electron chi connectivity index (χ3n) is 6.08. The number of aromatic nitrogens is 4. The number of anilines is 1. The first-order valence-corrected chi connectivity index (χ1v) is 10.5. The lowest BCUT2D eigenvalue weighted by molar-refractivity contribution is -0.143. The van der Waals surface area contributed by atoms with Crippen molar-refractivity contribution in [2.75, 3.05) is 18.1 Å². The molecule has 3 heterocycles. The molecule has 0 spiro atoms. The summed E-state index contributed by atoms with van der Waals surface area (Å²) in [6.45, 7) is 5.24. The van der Waals surface area contributed by atoms with Crippen molar-refractivity contribution in [1.29, 1.82) is 0 Å². The van der Waals surface area contributed by atoms with Gasteiger partial charge >= 0.3 is 11.7 Å². The Morgan fingerprint density at radius 1 is 1.17 bits per heavy atom. The summed E-state index contributed by atoms with van der Waals surface area (Å²) in [5, 5.41) is 0. The number of fused-ring (bicyclic) bond motifs is 3. The first-order valence-electron chi connectivity index (χ1n) is 10.5. The van der Waals surface area contributed by atoms with Gasteiger partial charge in [-0.25, -0.2) is 9.36 Å². The summed E-state index contributed by atoms with van der Waals surface area (Å²) >= 11 is 0. The van der Waals surface area contributed by atoms with Gasteiger partial charge in [0.05, 0.1) is 6.61 Å². The van der Waals surface area contributed by atoms with Gasteiger partial charge in [-0.3, -0.25) is 14.2 Å². The second-order valence-corrected chi connectivity index (χ2v) is 8.28. The van der Waals surface area contributed by atoms with Crippen LogP contribution < -0.4 is 16.1 Å². The van der Waals surface area contributed by atoms with Crippen LogP contribution in [-0.2, 0) is 29.7 Å². The third-order valence-corrected chi connectivity index (χ3v) is 6.08. The zero-order chi connectivity index (χ0) is 20.7. The molecule has 0 amide bonds. The summed E-state index contributed by atoms with van der Waals surface area (Å²) < 4.78 is 9.21. The normalized spacial score (nSPS) is 20.1. The van der Waals surface area contributed by atoms with E-state index in [2.05, 4.69) is 11.8 Å². The van der Waals surface area contributed by atoms with Crippen LogP contribution in [0, 0.1) is 5.92 Å². The maximum absolute atomic E-state index is 13.2. The van der Waals surface area contributed by atoms with Crippen molar-refractivity contribution in [3.8, 4) is 0 Å². The zero-order valence-electron chi connectivity index (χ0n) is 17.4. The fourth-order valence-corrected chi connectivity index (χ4v) is 4.72. The van der Waals surface area contributed by atoms with Crippen LogP contribution in [0.2, 0.25) is 0 Å². The van der Waals surface area contributed by atoms with Crippen LogP contribution in [0.1, 0.15) is 46.0 Å². The number of ether oxygens (including phenoxy) is 1. The van der Waals surface area contributed by atoms with Crippen LogP contribution in [0.25, 0.3) is 11.2 Å². The molecular weight excluding hydrogens is 374 g/mol. The van der Waals surface area contributed by atoms with Gasteiger partial charge in [0.2, 0.25) is 5.95 Å². The second kappa shape index (κ2) is 7.68. The minimum atomic E-state index is -0.596. The number of hydrogen-bond acceptors (Lipinski definition) is 6. The predicted molar refractivity (Wildman–Crippen MR) is 109 cm³/mol. The van der Waals surface area contributed by atoms with Crippen LogP contribution in [-0.4, -0.2) is 43.8 Å². The molecule has 2 aromatic heterocycles. The molecule has 1 unspecified atom stereocenters. The lowest BCUT2D eigenvalue weighted by Gasteiger charge is -2.40. The van der Waals surface area contributed by atoms with Gasteiger partial charge in [-0.1, -0.05) is 26.2 Å². The first kappa shape index (κ1) is 19.7. The number of imidazole rings is 1. The highest BCUT2D eigenvalue weighted by molar-refractivity contribution is 5.76. The van der Waals surface area contributed by atoms with E-state index in [0.29, 0.717) is 29.7 Å². The molecular formula is C20H29N5O4. The van der Waals surface area contributed by atoms with E-state index in [9.17, 15) is 14.4 Å². The quantitative estimate of drug-likeness (QED) is 0.714. The number of esters is 1. The van der Waals surface area contributed by atoms with E-state index in [1.165, 1.54) is 23.8 Å². The van der Waals surface area contributed by atoms with Gasteiger partial charge < -0.3 is 14.2 Å². The highest BCUT2D eigenvalue weighted by Crippen LogP contribution is 2.32. The molecule has 0 N–H and O–H groups in total. The van der Waals surface area contributed by atoms with Crippen molar-refractivity contribution >= 4 is 23.1 Å². The molecule has 1 atom stereocenters. The number of aryl methyl sites for hydroxylation is 1. The number of carbonyl (C=O) groups excluding carboxylic acids is 1. The van der Waals surface area contributed by atoms with E-state index in [0.717, 1.165) is 29.9 Å². The number of rotatable bonds is 4. The molecule has 2 aromatic rings. The Hall–Kier alpha value is -2.58. The Morgan fingerprint density at radius 3 is 2.59 bits per heavy atom. The molecule has 1 fully saturated rings. The van der Waals surface area contributed by atoms with Crippen LogP contribution in [0.15, 0.2) is 9.59 Å². The second-order valence-electron chi connectivity index (χ2n) is 8.28.